The van der Waals surface area contributed by atoms with Crippen LogP contribution in [-0.2, 0) is 17.2 Å². The van der Waals surface area contributed by atoms with Gasteiger partial charge in [0.25, 0.3) is 0 Å². The Bertz CT molecular complexity index is 1330. The molecule has 0 bridgehead atoms. The van der Waals surface area contributed by atoms with Gasteiger partial charge in [0.2, 0.25) is 0 Å². The van der Waals surface area contributed by atoms with Crippen LogP contribution in [0.5, 0.6) is 0 Å². The van der Waals surface area contributed by atoms with Gasteiger partial charge in [-0.3, -0.25) is 4.68 Å². The van der Waals surface area contributed by atoms with Crippen molar-refractivity contribution >= 4 is 40.1 Å². The minimum absolute atomic E-state index is 0.184. The number of ether oxygens (including phenoxy) is 1. The van der Waals surface area contributed by atoms with E-state index >= 15 is 0 Å². The number of hydrogen-bond acceptors (Lipinski definition) is 5. The summed E-state index contributed by atoms with van der Waals surface area (Å²) in [6.07, 6.45) is 0. The standard InChI is InChI=1S/C24H26Cl2N6O/c1-24(2,3)21-18(26)20(31(4)30-21)22-27-17-13-16(14-7-5-6-8-15(14)25)28-23(19(17)29-22)32-9-11-33-12-10-32/h5-8,13H,9-12H2,1-4H3,(H,27,29). The topological polar surface area (TPSA) is 71.9 Å². The Morgan fingerprint density at radius 1 is 1.06 bits per heavy atom. The number of aromatic amines is 1. The lowest BCUT2D eigenvalue weighted by atomic mass is 9.92. The number of rotatable bonds is 3. The lowest BCUT2D eigenvalue weighted by Crippen LogP contribution is -2.37. The number of H-pyrrole nitrogens is 1. The van der Waals surface area contributed by atoms with Gasteiger partial charge in [-0.15, -0.1) is 0 Å². The predicted molar refractivity (Wildman–Crippen MR) is 133 cm³/mol. The molecule has 1 aliphatic rings. The second-order valence-electron chi connectivity index (χ2n) is 9.28. The highest BCUT2D eigenvalue weighted by molar-refractivity contribution is 6.34. The molecule has 1 aromatic carbocycles. The fraction of sp³-hybridized carbons (Fsp3) is 0.375. The number of halogens is 2. The van der Waals surface area contributed by atoms with E-state index < -0.39 is 0 Å². The maximum absolute atomic E-state index is 6.81. The zero-order valence-electron chi connectivity index (χ0n) is 19.1. The highest BCUT2D eigenvalue weighted by atomic mass is 35.5. The summed E-state index contributed by atoms with van der Waals surface area (Å²) in [5.41, 5.74) is 4.73. The maximum atomic E-state index is 6.81. The van der Waals surface area contributed by atoms with Crippen LogP contribution in [0.3, 0.4) is 0 Å². The molecule has 1 fully saturated rings. The predicted octanol–water partition coefficient (Wildman–Crippen LogP) is 5.47. The van der Waals surface area contributed by atoms with Gasteiger partial charge in [0.1, 0.15) is 11.2 Å². The van der Waals surface area contributed by atoms with Crippen molar-refractivity contribution in [2.45, 2.75) is 26.2 Å². The van der Waals surface area contributed by atoms with E-state index in [1.165, 1.54) is 0 Å². The SMILES string of the molecule is Cn1nc(C(C)(C)C)c(Cl)c1-c1nc2c(N3CCOCC3)nc(-c3ccccc3Cl)cc2[nH]1. The molecule has 4 aromatic rings. The lowest BCUT2D eigenvalue weighted by molar-refractivity contribution is 0.122. The van der Waals surface area contributed by atoms with Crippen molar-refractivity contribution in [2.75, 3.05) is 31.2 Å². The third kappa shape index (κ3) is 3.98. The molecule has 172 valence electrons. The molecule has 33 heavy (non-hydrogen) atoms. The second kappa shape index (κ2) is 8.31. The number of aromatic nitrogens is 5. The molecule has 0 spiro atoms. The van der Waals surface area contributed by atoms with E-state index in [0.29, 0.717) is 29.1 Å². The number of pyridine rings is 1. The van der Waals surface area contributed by atoms with E-state index in [1.807, 2.05) is 37.4 Å². The van der Waals surface area contributed by atoms with E-state index in [0.717, 1.165) is 52.6 Å². The first-order valence-electron chi connectivity index (χ1n) is 11.0. The molecule has 0 aliphatic carbocycles. The summed E-state index contributed by atoms with van der Waals surface area (Å²) >= 11 is 13.3. The van der Waals surface area contributed by atoms with Crippen LogP contribution >= 0.6 is 23.2 Å². The van der Waals surface area contributed by atoms with Gasteiger partial charge < -0.3 is 14.6 Å². The average molecular weight is 485 g/mol. The Labute approximate surface area is 202 Å². The highest BCUT2D eigenvalue weighted by Crippen LogP contribution is 2.38. The summed E-state index contributed by atoms with van der Waals surface area (Å²) in [4.78, 5) is 15.6. The summed E-state index contributed by atoms with van der Waals surface area (Å²) in [7, 11) is 1.89. The summed E-state index contributed by atoms with van der Waals surface area (Å²) in [5, 5.41) is 5.94. The third-order valence-corrected chi connectivity index (χ3v) is 6.52. The minimum Gasteiger partial charge on any atom is -0.378 e. The molecule has 0 saturated carbocycles. The van der Waals surface area contributed by atoms with Crippen molar-refractivity contribution in [3.8, 4) is 22.8 Å². The van der Waals surface area contributed by atoms with Crippen molar-refractivity contribution in [2.24, 2.45) is 7.05 Å². The molecule has 0 atom stereocenters. The lowest BCUT2D eigenvalue weighted by Gasteiger charge is -2.28. The first-order chi connectivity index (χ1) is 15.7. The molecule has 9 heteroatoms. The zero-order chi connectivity index (χ0) is 23.3. The molecule has 7 nitrogen and oxygen atoms in total. The summed E-state index contributed by atoms with van der Waals surface area (Å²) in [6.45, 7) is 9.09. The quantitative estimate of drug-likeness (QED) is 0.417. The molecule has 4 heterocycles. The van der Waals surface area contributed by atoms with Crippen LogP contribution in [-0.4, -0.2) is 51.0 Å². The number of aryl methyl sites for hydroxylation is 1. The van der Waals surface area contributed by atoms with Crippen molar-refractivity contribution in [3.05, 3.63) is 46.1 Å². The van der Waals surface area contributed by atoms with Crippen LogP contribution in [0.25, 0.3) is 33.8 Å². The number of morpholine rings is 1. The van der Waals surface area contributed by atoms with E-state index in [2.05, 4.69) is 35.8 Å². The molecule has 1 N–H and O–H groups in total. The van der Waals surface area contributed by atoms with Crippen LogP contribution in [0.2, 0.25) is 10.0 Å². The summed E-state index contributed by atoms with van der Waals surface area (Å²) in [6, 6.07) is 9.72. The number of nitrogens with zero attached hydrogens (tertiary/aromatic N) is 5. The van der Waals surface area contributed by atoms with Gasteiger partial charge in [-0.1, -0.05) is 62.2 Å². The monoisotopic (exact) mass is 484 g/mol. The molecule has 1 aliphatic heterocycles. The number of benzene rings is 1. The highest BCUT2D eigenvalue weighted by Gasteiger charge is 2.28. The van der Waals surface area contributed by atoms with Crippen LogP contribution in [0.15, 0.2) is 30.3 Å². The Hall–Kier alpha value is -2.61. The maximum Gasteiger partial charge on any atom is 0.158 e. The van der Waals surface area contributed by atoms with Crippen LogP contribution in [0.1, 0.15) is 26.5 Å². The molecular weight excluding hydrogens is 459 g/mol. The van der Waals surface area contributed by atoms with Gasteiger partial charge >= 0.3 is 0 Å². The van der Waals surface area contributed by atoms with Crippen molar-refractivity contribution in [1.29, 1.82) is 0 Å². The molecule has 0 radical (unpaired) electrons. The summed E-state index contributed by atoms with van der Waals surface area (Å²) < 4.78 is 7.35. The zero-order valence-corrected chi connectivity index (χ0v) is 20.6. The minimum atomic E-state index is -0.184. The first kappa shape index (κ1) is 22.2. The van der Waals surface area contributed by atoms with Gasteiger partial charge in [-0.25, -0.2) is 9.97 Å². The molecule has 3 aromatic heterocycles. The molecule has 5 rings (SSSR count). The first-order valence-corrected chi connectivity index (χ1v) is 11.7. The van der Waals surface area contributed by atoms with Gasteiger partial charge in [-0.2, -0.15) is 5.10 Å². The largest absolute Gasteiger partial charge is 0.378 e. The number of imidazole rings is 1. The fourth-order valence-corrected chi connectivity index (χ4v) is 4.91. The normalized spacial score (nSPS) is 14.9. The van der Waals surface area contributed by atoms with E-state index in [-0.39, 0.29) is 5.41 Å². The van der Waals surface area contributed by atoms with Crippen molar-refractivity contribution in [3.63, 3.8) is 0 Å². The van der Waals surface area contributed by atoms with Crippen molar-refractivity contribution in [1.82, 2.24) is 24.7 Å². The van der Waals surface area contributed by atoms with Crippen molar-refractivity contribution < 1.29 is 4.74 Å². The molecular formula is C24H26Cl2N6O. The molecule has 0 amide bonds. The Morgan fingerprint density at radius 2 is 1.79 bits per heavy atom. The Kier molecular flexibility index (Phi) is 5.59. The van der Waals surface area contributed by atoms with Gasteiger partial charge in [0.05, 0.1) is 35.1 Å². The van der Waals surface area contributed by atoms with Gasteiger partial charge in [0.15, 0.2) is 11.6 Å². The van der Waals surface area contributed by atoms with Gasteiger partial charge in [0, 0.05) is 36.1 Å². The Balaban J connectivity index is 1.72. The van der Waals surface area contributed by atoms with E-state index in [9.17, 15) is 0 Å². The number of fused-ring (bicyclic) bond motifs is 1. The second-order valence-corrected chi connectivity index (χ2v) is 10.1. The fourth-order valence-electron chi connectivity index (χ4n) is 4.15. The smallest absolute Gasteiger partial charge is 0.158 e. The van der Waals surface area contributed by atoms with Gasteiger partial charge in [-0.05, 0) is 12.1 Å². The Morgan fingerprint density at radius 3 is 2.45 bits per heavy atom. The number of hydrogen-bond donors (Lipinski definition) is 1. The summed E-state index contributed by atoms with van der Waals surface area (Å²) in [5.74, 6) is 1.47. The van der Waals surface area contributed by atoms with E-state index in [4.69, 9.17) is 37.9 Å². The molecule has 0 unspecified atom stereocenters. The van der Waals surface area contributed by atoms with Crippen LogP contribution < -0.4 is 4.90 Å². The average Bonchev–Trinajstić information content (AvgIpc) is 3.33. The number of anilines is 1. The van der Waals surface area contributed by atoms with Crippen LogP contribution in [0, 0.1) is 0 Å². The third-order valence-electron chi connectivity index (χ3n) is 5.84. The van der Waals surface area contributed by atoms with Crippen LogP contribution in [0.4, 0.5) is 5.82 Å². The molecule has 1 saturated heterocycles. The van der Waals surface area contributed by atoms with E-state index in [1.54, 1.807) is 4.68 Å². The number of nitrogens with one attached hydrogen (secondary N) is 1.